The molecule has 0 N–H and O–H groups in total. The summed E-state index contributed by atoms with van der Waals surface area (Å²) in [5, 5.41) is 4.33. The van der Waals surface area contributed by atoms with E-state index in [1.807, 2.05) is 35.4 Å². The van der Waals surface area contributed by atoms with E-state index in [4.69, 9.17) is 4.74 Å². The first-order valence-corrected chi connectivity index (χ1v) is 9.61. The molecule has 3 aromatic rings. The van der Waals surface area contributed by atoms with E-state index in [-0.39, 0.29) is 0 Å². The minimum absolute atomic E-state index is 0.400. The number of pyridine rings is 1. The third-order valence-corrected chi connectivity index (χ3v) is 5.26. The van der Waals surface area contributed by atoms with Gasteiger partial charge in [0.05, 0.1) is 25.4 Å². The van der Waals surface area contributed by atoms with Crippen molar-refractivity contribution >= 4 is 0 Å². The van der Waals surface area contributed by atoms with Crippen LogP contribution in [0.4, 0.5) is 0 Å². The van der Waals surface area contributed by atoms with Gasteiger partial charge in [0.15, 0.2) is 0 Å². The number of methoxy groups -OCH3 is 1. The molecule has 5 nitrogen and oxygen atoms in total. The molecule has 1 atom stereocenters. The lowest BCUT2D eigenvalue weighted by Crippen LogP contribution is -2.33. The third-order valence-electron chi connectivity index (χ3n) is 5.26. The maximum Gasteiger partial charge on any atom is 0.123 e. The van der Waals surface area contributed by atoms with E-state index in [1.54, 1.807) is 7.11 Å². The van der Waals surface area contributed by atoms with Gasteiger partial charge in [0.1, 0.15) is 5.75 Å². The van der Waals surface area contributed by atoms with Crippen molar-refractivity contribution in [2.24, 2.45) is 0 Å². The Morgan fingerprint density at radius 2 is 2.04 bits per heavy atom. The number of nitrogens with zero attached hydrogens (tertiary/aromatic N) is 4. The Morgan fingerprint density at radius 1 is 1.07 bits per heavy atom. The fraction of sp³-hybridized carbons (Fsp3) is 0.364. The maximum atomic E-state index is 5.56. The molecule has 1 saturated heterocycles. The lowest BCUT2D eigenvalue weighted by atomic mass is 9.97. The predicted octanol–water partition coefficient (Wildman–Crippen LogP) is 4.06. The largest absolute Gasteiger partial charge is 0.496 e. The number of piperidine rings is 1. The van der Waals surface area contributed by atoms with Crippen LogP contribution in [0.15, 0.2) is 61.1 Å². The Bertz CT molecular complexity index is 848. The SMILES string of the molecule is COc1ccc(CN2CCCC[C@@H]2c2ccccn2)cc1Cn1cccn1. The van der Waals surface area contributed by atoms with Crippen molar-refractivity contribution in [2.45, 2.75) is 38.4 Å². The van der Waals surface area contributed by atoms with Crippen LogP contribution < -0.4 is 4.74 Å². The molecule has 140 valence electrons. The van der Waals surface area contributed by atoms with Crippen LogP contribution in [-0.4, -0.2) is 33.3 Å². The first-order valence-electron chi connectivity index (χ1n) is 9.61. The fourth-order valence-corrected chi connectivity index (χ4v) is 3.95. The Balaban J connectivity index is 1.55. The van der Waals surface area contributed by atoms with Crippen molar-refractivity contribution in [1.82, 2.24) is 19.7 Å². The van der Waals surface area contributed by atoms with Gasteiger partial charge >= 0.3 is 0 Å². The molecule has 1 aromatic carbocycles. The highest BCUT2D eigenvalue weighted by molar-refractivity contribution is 5.37. The van der Waals surface area contributed by atoms with E-state index in [0.717, 1.165) is 24.4 Å². The summed E-state index contributed by atoms with van der Waals surface area (Å²) in [5.41, 5.74) is 3.65. The smallest absolute Gasteiger partial charge is 0.123 e. The number of benzene rings is 1. The molecule has 0 spiro atoms. The third kappa shape index (κ3) is 4.19. The van der Waals surface area contributed by atoms with E-state index in [9.17, 15) is 0 Å². The molecule has 5 heteroatoms. The molecule has 0 bridgehead atoms. The highest BCUT2D eigenvalue weighted by atomic mass is 16.5. The topological polar surface area (TPSA) is 43.2 Å². The molecule has 0 radical (unpaired) electrons. The normalized spacial score (nSPS) is 17.7. The molecule has 3 heterocycles. The van der Waals surface area contributed by atoms with Crippen LogP contribution in [-0.2, 0) is 13.1 Å². The molecular weight excluding hydrogens is 336 g/mol. The second kappa shape index (κ2) is 8.35. The summed E-state index contributed by atoms with van der Waals surface area (Å²) in [6, 6.07) is 15.1. The summed E-state index contributed by atoms with van der Waals surface area (Å²) in [7, 11) is 1.73. The highest BCUT2D eigenvalue weighted by Gasteiger charge is 2.25. The Kier molecular flexibility index (Phi) is 5.49. The van der Waals surface area contributed by atoms with Crippen molar-refractivity contribution in [3.63, 3.8) is 0 Å². The number of hydrogen-bond donors (Lipinski definition) is 0. The number of aromatic nitrogens is 3. The zero-order valence-corrected chi connectivity index (χ0v) is 15.8. The summed E-state index contributed by atoms with van der Waals surface area (Å²) in [6.07, 6.45) is 9.38. The second-order valence-electron chi connectivity index (χ2n) is 7.09. The van der Waals surface area contributed by atoms with Gasteiger partial charge in [-0.05, 0) is 55.3 Å². The van der Waals surface area contributed by atoms with Gasteiger partial charge in [-0.3, -0.25) is 14.6 Å². The summed E-state index contributed by atoms with van der Waals surface area (Å²) in [6.45, 7) is 2.76. The molecule has 4 rings (SSSR count). The van der Waals surface area contributed by atoms with E-state index in [1.165, 1.54) is 30.5 Å². The summed E-state index contributed by atoms with van der Waals surface area (Å²) >= 11 is 0. The van der Waals surface area contributed by atoms with Gasteiger partial charge in [-0.2, -0.15) is 5.10 Å². The van der Waals surface area contributed by atoms with Crippen molar-refractivity contribution in [3.8, 4) is 5.75 Å². The van der Waals surface area contributed by atoms with Crippen LogP contribution in [0.2, 0.25) is 0 Å². The molecule has 0 amide bonds. The highest BCUT2D eigenvalue weighted by Crippen LogP contribution is 2.31. The van der Waals surface area contributed by atoms with Gasteiger partial charge < -0.3 is 4.74 Å². The van der Waals surface area contributed by atoms with Gasteiger partial charge in [-0.15, -0.1) is 0 Å². The van der Waals surface area contributed by atoms with Gasteiger partial charge in [-0.25, -0.2) is 0 Å². The minimum Gasteiger partial charge on any atom is -0.496 e. The zero-order chi connectivity index (χ0) is 18.5. The molecule has 1 fully saturated rings. The molecule has 1 aliphatic heterocycles. The number of rotatable bonds is 6. The van der Waals surface area contributed by atoms with Gasteiger partial charge in [0.25, 0.3) is 0 Å². The molecule has 0 unspecified atom stereocenters. The number of hydrogen-bond acceptors (Lipinski definition) is 4. The van der Waals surface area contributed by atoms with Gasteiger partial charge in [0.2, 0.25) is 0 Å². The lowest BCUT2D eigenvalue weighted by Gasteiger charge is -2.35. The first-order chi connectivity index (χ1) is 13.3. The average molecular weight is 362 g/mol. The Hall–Kier alpha value is -2.66. The monoisotopic (exact) mass is 362 g/mol. The summed E-state index contributed by atoms with van der Waals surface area (Å²) < 4.78 is 7.49. The van der Waals surface area contributed by atoms with Gasteiger partial charge in [-0.1, -0.05) is 18.6 Å². The zero-order valence-electron chi connectivity index (χ0n) is 15.8. The van der Waals surface area contributed by atoms with Crippen LogP contribution >= 0.6 is 0 Å². The van der Waals surface area contributed by atoms with Crippen LogP contribution in [0.3, 0.4) is 0 Å². The quantitative estimate of drug-likeness (QED) is 0.663. The Labute approximate surface area is 160 Å². The first kappa shape index (κ1) is 17.7. The van der Waals surface area contributed by atoms with Crippen LogP contribution in [0.25, 0.3) is 0 Å². The standard InChI is InChI=1S/C22H26N4O/c1-27-22-10-9-18(15-19(22)17-26-14-6-12-24-26)16-25-13-5-3-8-21(25)20-7-2-4-11-23-20/h2,4,6-7,9-12,14-15,21H,3,5,8,13,16-17H2,1H3/t21-/m1/s1. The summed E-state index contributed by atoms with van der Waals surface area (Å²) in [4.78, 5) is 7.18. The lowest BCUT2D eigenvalue weighted by molar-refractivity contribution is 0.137. The van der Waals surface area contributed by atoms with Crippen LogP contribution in [0, 0.1) is 0 Å². The van der Waals surface area contributed by atoms with Crippen LogP contribution in [0.1, 0.15) is 42.1 Å². The molecular formula is C22H26N4O. The van der Waals surface area contributed by atoms with E-state index < -0.39 is 0 Å². The fourth-order valence-electron chi connectivity index (χ4n) is 3.95. The number of likely N-dealkylation sites (tertiary alicyclic amines) is 1. The van der Waals surface area contributed by atoms with Crippen LogP contribution in [0.5, 0.6) is 5.75 Å². The van der Waals surface area contributed by atoms with E-state index in [0.29, 0.717) is 12.6 Å². The maximum absolute atomic E-state index is 5.56. The summed E-state index contributed by atoms with van der Waals surface area (Å²) in [5.74, 6) is 0.911. The molecule has 0 saturated carbocycles. The van der Waals surface area contributed by atoms with Crippen molar-refractivity contribution in [3.05, 3.63) is 77.9 Å². The van der Waals surface area contributed by atoms with Crippen molar-refractivity contribution in [1.29, 1.82) is 0 Å². The molecule has 27 heavy (non-hydrogen) atoms. The minimum atomic E-state index is 0.400. The number of ether oxygens (including phenoxy) is 1. The molecule has 1 aliphatic rings. The van der Waals surface area contributed by atoms with E-state index in [2.05, 4.69) is 45.3 Å². The average Bonchev–Trinajstić information content (AvgIpc) is 3.22. The van der Waals surface area contributed by atoms with Gasteiger partial charge in [0, 0.05) is 30.7 Å². The van der Waals surface area contributed by atoms with Crippen molar-refractivity contribution in [2.75, 3.05) is 13.7 Å². The Morgan fingerprint density at radius 3 is 2.81 bits per heavy atom. The molecule has 2 aromatic heterocycles. The van der Waals surface area contributed by atoms with E-state index >= 15 is 0 Å². The second-order valence-corrected chi connectivity index (χ2v) is 7.09. The predicted molar refractivity (Wildman–Crippen MR) is 106 cm³/mol. The molecule has 0 aliphatic carbocycles. The van der Waals surface area contributed by atoms with Crippen molar-refractivity contribution < 1.29 is 4.74 Å².